The van der Waals surface area contributed by atoms with Crippen molar-refractivity contribution in [3.05, 3.63) is 71.0 Å². The Hall–Kier alpha value is -2.26. The van der Waals surface area contributed by atoms with Crippen LogP contribution in [0.5, 0.6) is 0 Å². The number of hydrogen-bond donors (Lipinski definition) is 2. The van der Waals surface area contributed by atoms with Gasteiger partial charge in [-0.25, -0.2) is 0 Å². The summed E-state index contributed by atoms with van der Waals surface area (Å²) in [6, 6.07) is 15.7. The molecule has 2 N–H and O–H groups in total. The maximum Gasteiger partial charge on any atom is 0.0797 e. The molecule has 3 heteroatoms. The second-order valence-electron chi connectivity index (χ2n) is 6.63. The molecule has 0 fully saturated rings. The Morgan fingerprint density at radius 2 is 1.96 bits per heavy atom. The highest BCUT2D eigenvalue weighted by molar-refractivity contribution is 5.52. The summed E-state index contributed by atoms with van der Waals surface area (Å²) in [7, 11) is 4.13. The van der Waals surface area contributed by atoms with Crippen LogP contribution in [0, 0.1) is 0 Å². The van der Waals surface area contributed by atoms with Crippen molar-refractivity contribution in [2.45, 2.75) is 25.3 Å². The smallest absolute Gasteiger partial charge is 0.0797 e. The molecule has 0 saturated carbocycles. The molecular weight excluding hydrogens is 296 g/mol. The third kappa shape index (κ3) is 3.80. The van der Waals surface area contributed by atoms with Crippen molar-refractivity contribution in [1.29, 1.82) is 0 Å². The molecular formula is C21H26N2O. The third-order valence-corrected chi connectivity index (χ3v) is 4.77. The van der Waals surface area contributed by atoms with E-state index < -0.39 is 0 Å². The number of nitrogens with zero attached hydrogens (tertiary/aromatic N) is 1. The van der Waals surface area contributed by atoms with E-state index >= 15 is 0 Å². The van der Waals surface area contributed by atoms with E-state index in [2.05, 4.69) is 66.8 Å². The Morgan fingerprint density at radius 1 is 1.17 bits per heavy atom. The van der Waals surface area contributed by atoms with Gasteiger partial charge in [0.2, 0.25) is 0 Å². The molecule has 3 rings (SSSR count). The van der Waals surface area contributed by atoms with Gasteiger partial charge in [-0.2, -0.15) is 0 Å². The van der Waals surface area contributed by atoms with Crippen molar-refractivity contribution in [1.82, 2.24) is 5.32 Å². The van der Waals surface area contributed by atoms with Gasteiger partial charge in [-0.1, -0.05) is 30.3 Å². The summed E-state index contributed by atoms with van der Waals surface area (Å²) in [6.45, 7) is 0.990. The molecule has 0 amide bonds. The van der Waals surface area contributed by atoms with Gasteiger partial charge in [-0.05, 0) is 66.3 Å². The first kappa shape index (κ1) is 16.6. The number of aryl methyl sites for hydroxylation is 1. The van der Waals surface area contributed by atoms with Crippen LogP contribution < -0.4 is 10.2 Å². The SMILES string of the molecule is CN(C)c1ccc(CCNC2CCc3cc(/C=C/O)ccc32)cc1. The van der Waals surface area contributed by atoms with E-state index in [0.29, 0.717) is 6.04 Å². The predicted molar refractivity (Wildman–Crippen MR) is 102 cm³/mol. The van der Waals surface area contributed by atoms with Crippen LogP contribution in [-0.2, 0) is 12.8 Å². The average molecular weight is 322 g/mol. The molecule has 1 aliphatic rings. The molecule has 1 aliphatic carbocycles. The van der Waals surface area contributed by atoms with Gasteiger partial charge in [0.05, 0.1) is 6.26 Å². The minimum absolute atomic E-state index is 0.452. The highest BCUT2D eigenvalue weighted by Gasteiger charge is 2.21. The fourth-order valence-corrected chi connectivity index (χ4v) is 3.39. The van der Waals surface area contributed by atoms with Gasteiger partial charge in [-0.15, -0.1) is 0 Å². The number of hydrogen-bond acceptors (Lipinski definition) is 3. The zero-order chi connectivity index (χ0) is 16.9. The number of fused-ring (bicyclic) bond motifs is 1. The van der Waals surface area contributed by atoms with Crippen molar-refractivity contribution in [3.63, 3.8) is 0 Å². The minimum atomic E-state index is 0.452. The van der Waals surface area contributed by atoms with Crippen LogP contribution in [0.15, 0.2) is 48.7 Å². The fraction of sp³-hybridized carbons (Fsp3) is 0.333. The van der Waals surface area contributed by atoms with Gasteiger partial charge < -0.3 is 15.3 Å². The lowest BCUT2D eigenvalue weighted by molar-refractivity contribution is 0.478. The Bertz CT molecular complexity index is 704. The Morgan fingerprint density at radius 3 is 2.67 bits per heavy atom. The third-order valence-electron chi connectivity index (χ3n) is 4.77. The predicted octanol–water partition coefficient (Wildman–Crippen LogP) is 4.10. The molecule has 0 aromatic heterocycles. The van der Waals surface area contributed by atoms with Crippen LogP contribution in [0.4, 0.5) is 5.69 Å². The molecule has 0 spiro atoms. The highest BCUT2D eigenvalue weighted by atomic mass is 16.2. The molecule has 24 heavy (non-hydrogen) atoms. The highest BCUT2D eigenvalue weighted by Crippen LogP contribution is 2.32. The van der Waals surface area contributed by atoms with Gasteiger partial charge in [0.1, 0.15) is 0 Å². The standard InChI is InChI=1S/C21H26N2O/c1-23(2)19-7-3-16(4-8-19)11-13-22-21-10-6-18-15-17(12-14-24)5-9-20(18)21/h3-5,7-9,12,14-15,21-22,24H,6,10-11,13H2,1-2H3/b14-12+. The van der Waals surface area contributed by atoms with Crippen LogP contribution in [0.1, 0.15) is 34.7 Å². The fourth-order valence-electron chi connectivity index (χ4n) is 3.39. The summed E-state index contributed by atoms with van der Waals surface area (Å²) >= 11 is 0. The van der Waals surface area contributed by atoms with E-state index in [1.165, 1.54) is 22.4 Å². The van der Waals surface area contributed by atoms with Gasteiger partial charge in [-0.3, -0.25) is 0 Å². The van der Waals surface area contributed by atoms with E-state index in [9.17, 15) is 0 Å². The number of aliphatic hydroxyl groups is 1. The summed E-state index contributed by atoms with van der Waals surface area (Å²) in [5.74, 6) is 0. The van der Waals surface area contributed by atoms with Crippen molar-refractivity contribution < 1.29 is 5.11 Å². The topological polar surface area (TPSA) is 35.5 Å². The van der Waals surface area contributed by atoms with Gasteiger partial charge >= 0.3 is 0 Å². The molecule has 0 saturated heterocycles. The summed E-state index contributed by atoms with van der Waals surface area (Å²) in [6.07, 6.45) is 6.15. The zero-order valence-electron chi connectivity index (χ0n) is 14.5. The molecule has 1 atom stereocenters. The summed E-state index contributed by atoms with van der Waals surface area (Å²) in [5.41, 5.74) is 6.49. The van der Waals surface area contributed by atoms with Crippen LogP contribution in [0.2, 0.25) is 0 Å². The Kier molecular flexibility index (Phi) is 5.21. The molecule has 0 heterocycles. The van der Waals surface area contributed by atoms with E-state index in [-0.39, 0.29) is 0 Å². The average Bonchev–Trinajstić information content (AvgIpc) is 2.98. The molecule has 0 aliphatic heterocycles. The number of benzene rings is 2. The maximum atomic E-state index is 8.90. The number of rotatable bonds is 6. The summed E-state index contributed by atoms with van der Waals surface area (Å²) in [4.78, 5) is 2.12. The second kappa shape index (κ2) is 7.54. The Balaban J connectivity index is 1.55. The molecule has 0 bridgehead atoms. The van der Waals surface area contributed by atoms with Crippen molar-refractivity contribution in [2.75, 3.05) is 25.5 Å². The number of aliphatic hydroxyl groups excluding tert-OH is 1. The Labute approximate surface area is 144 Å². The molecule has 0 radical (unpaired) electrons. The van der Waals surface area contributed by atoms with Crippen molar-refractivity contribution >= 4 is 11.8 Å². The van der Waals surface area contributed by atoms with Crippen molar-refractivity contribution in [3.8, 4) is 0 Å². The van der Waals surface area contributed by atoms with Gasteiger partial charge in [0.15, 0.2) is 0 Å². The number of anilines is 1. The first-order valence-corrected chi connectivity index (χ1v) is 8.60. The monoisotopic (exact) mass is 322 g/mol. The van der Waals surface area contributed by atoms with E-state index in [1.54, 1.807) is 6.08 Å². The van der Waals surface area contributed by atoms with Crippen LogP contribution in [0.25, 0.3) is 6.08 Å². The van der Waals surface area contributed by atoms with Crippen LogP contribution in [0.3, 0.4) is 0 Å². The first-order valence-electron chi connectivity index (χ1n) is 8.60. The maximum absolute atomic E-state index is 8.90. The largest absolute Gasteiger partial charge is 0.516 e. The first-order chi connectivity index (χ1) is 11.7. The summed E-state index contributed by atoms with van der Waals surface area (Å²) in [5, 5.41) is 12.6. The molecule has 3 nitrogen and oxygen atoms in total. The molecule has 2 aromatic carbocycles. The second-order valence-corrected chi connectivity index (χ2v) is 6.63. The van der Waals surface area contributed by atoms with Crippen molar-refractivity contribution in [2.24, 2.45) is 0 Å². The van der Waals surface area contributed by atoms with E-state index in [0.717, 1.165) is 37.6 Å². The quantitative estimate of drug-likeness (QED) is 0.786. The lowest BCUT2D eigenvalue weighted by Crippen LogP contribution is -2.21. The van der Waals surface area contributed by atoms with E-state index in [1.807, 2.05) is 0 Å². The van der Waals surface area contributed by atoms with E-state index in [4.69, 9.17) is 5.11 Å². The molecule has 2 aromatic rings. The van der Waals surface area contributed by atoms with Gasteiger partial charge in [0, 0.05) is 25.8 Å². The summed E-state index contributed by atoms with van der Waals surface area (Å²) < 4.78 is 0. The van der Waals surface area contributed by atoms with Gasteiger partial charge in [0.25, 0.3) is 0 Å². The molecule has 126 valence electrons. The normalized spacial score (nSPS) is 16.5. The minimum Gasteiger partial charge on any atom is -0.516 e. The zero-order valence-corrected chi connectivity index (χ0v) is 14.5. The van der Waals surface area contributed by atoms with Crippen LogP contribution in [-0.4, -0.2) is 25.7 Å². The number of nitrogens with one attached hydrogen (secondary N) is 1. The van der Waals surface area contributed by atoms with Crippen LogP contribution >= 0.6 is 0 Å². The lowest BCUT2D eigenvalue weighted by Gasteiger charge is -2.15. The lowest BCUT2D eigenvalue weighted by atomic mass is 10.0. The molecule has 1 unspecified atom stereocenters.